The third kappa shape index (κ3) is 3.28. The fraction of sp³-hybridized carbons (Fsp3) is 0.176. The monoisotopic (exact) mass is 363 g/mol. The number of hydrogen-bond acceptors (Lipinski definition) is 4. The lowest BCUT2D eigenvalue weighted by Gasteiger charge is -2.14. The number of benzene rings is 1. The molecule has 1 aliphatic heterocycles. The van der Waals surface area contributed by atoms with Gasteiger partial charge < -0.3 is 5.32 Å². The quantitative estimate of drug-likeness (QED) is 0.844. The number of pyridine rings is 1. The number of imide groups is 1. The topological polar surface area (TPSA) is 79.4 Å². The minimum atomic E-state index is -4.48. The molecule has 0 saturated carbocycles. The van der Waals surface area contributed by atoms with Crippen molar-refractivity contribution < 1.29 is 27.6 Å². The number of halogens is 3. The molecule has 2 heterocycles. The summed E-state index contributed by atoms with van der Waals surface area (Å²) >= 11 is 0. The highest BCUT2D eigenvalue weighted by atomic mass is 19.4. The van der Waals surface area contributed by atoms with Crippen molar-refractivity contribution in [1.29, 1.82) is 0 Å². The summed E-state index contributed by atoms with van der Waals surface area (Å²) in [5.41, 5.74) is -0.548. The minimum absolute atomic E-state index is 0.0364. The van der Waals surface area contributed by atoms with Gasteiger partial charge in [-0.2, -0.15) is 13.2 Å². The van der Waals surface area contributed by atoms with Crippen LogP contribution in [0.15, 0.2) is 42.6 Å². The van der Waals surface area contributed by atoms with Gasteiger partial charge in [0, 0.05) is 24.8 Å². The van der Waals surface area contributed by atoms with Gasteiger partial charge in [0.1, 0.15) is 5.69 Å². The van der Waals surface area contributed by atoms with E-state index in [1.807, 2.05) is 0 Å². The minimum Gasteiger partial charge on any atom is -0.350 e. The summed E-state index contributed by atoms with van der Waals surface area (Å²) in [5.74, 6) is -1.65. The van der Waals surface area contributed by atoms with Crippen molar-refractivity contribution in [3.63, 3.8) is 0 Å². The number of fused-ring (bicyclic) bond motifs is 1. The summed E-state index contributed by atoms with van der Waals surface area (Å²) in [7, 11) is 0. The summed E-state index contributed by atoms with van der Waals surface area (Å²) < 4.78 is 37.5. The number of hydrogen-bond donors (Lipinski definition) is 1. The molecule has 26 heavy (non-hydrogen) atoms. The van der Waals surface area contributed by atoms with Gasteiger partial charge in [-0.1, -0.05) is 0 Å². The maximum atomic E-state index is 12.5. The van der Waals surface area contributed by atoms with E-state index in [-0.39, 0.29) is 29.9 Å². The number of rotatable bonds is 4. The molecular weight excluding hydrogens is 351 g/mol. The maximum absolute atomic E-state index is 12.5. The Morgan fingerprint density at radius 3 is 2.38 bits per heavy atom. The van der Waals surface area contributed by atoms with Crippen molar-refractivity contribution in [3.8, 4) is 0 Å². The van der Waals surface area contributed by atoms with Gasteiger partial charge in [0.2, 0.25) is 0 Å². The van der Waals surface area contributed by atoms with Crippen LogP contribution in [0.1, 0.15) is 36.8 Å². The average molecular weight is 363 g/mol. The molecule has 6 nitrogen and oxygen atoms in total. The SMILES string of the molecule is O=C(NCCN1C(=O)c2cccnc2C1=O)c1ccc(C(F)(F)F)cc1. The molecular formula is C17H12F3N3O3. The number of carbonyl (C=O) groups excluding carboxylic acids is 3. The average Bonchev–Trinajstić information content (AvgIpc) is 2.86. The maximum Gasteiger partial charge on any atom is 0.416 e. The molecule has 1 aromatic carbocycles. The van der Waals surface area contributed by atoms with Crippen molar-refractivity contribution in [2.45, 2.75) is 6.18 Å². The Morgan fingerprint density at radius 2 is 1.77 bits per heavy atom. The molecule has 0 aliphatic carbocycles. The van der Waals surface area contributed by atoms with Crippen LogP contribution in [-0.2, 0) is 6.18 Å². The first-order valence-electron chi connectivity index (χ1n) is 7.55. The van der Waals surface area contributed by atoms with Gasteiger partial charge in [-0.15, -0.1) is 0 Å². The molecule has 3 amide bonds. The summed E-state index contributed by atoms with van der Waals surface area (Å²) in [5, 5.41) is 2.47. The smallest absolute Gasteiger partial charge is 0.350 e. The molecule has 9 heteroatoms. The summed E-state index contributed by atoms with van der Waals surface area (Å²) in [4.78, 5) is 41.0. The molecule has 3 rings (SSSR count). The van der Waals surface area contributed by atoms with E-state index in [0.29, 0.717) is 0 Å². The standard InChI is InChI=1S/C17H12F3N3O3/c18-17(19,20)11-5-3-10(4-6-11)14(24)22-8-9-23-15(25)12-2-1-7-21-13(12)16(23)26/h1-7H,8-9H2,(H,22,24). The molecule has 0 atom stereocenters. The Labute approximate surface area is 145 Å². The Bertz CT molecular complexity index is 844. The largest absolute Gasteiger partial charge is 0.416 e. The number of amides is 3. The van der Waals surface area contributed by atoms with E-state index >= 15 is 0 Å². The third-order valence-electron chi connectivity index (χ3n) is 3.83. The van der Waals surface area contributed by atoms with Gasteiger partial charge in [0.05, 0.1) is 11.1 Å². The van der Waals surface area contributed by atoms with Crippen LogP contribution in [0.5, 0.6) is 0 Å². The Balaban J connectivity index is 1.58. The van der Waals surface area contributed by atoms with Crippen molar-refractivity contribution in [3.05, 3.63) is 65.0 Å². The molecule has 1 aliphatic rings. The lowest BCUT2D eigenvalue weighted by molar-refractivity contribution is -0.137. The van der Waals surface area contributed by atoms with Crippen LogP contribution < -0.4 is 5.32 Å². The predicted molar refractivity (Wildman–Crippen MR) is 83.4 cm³/mol. The van der Waals surface area contributed by atoms with E-state index in [4.69, 9.17) is 0 Å². The molecule has 2 aromatic rings. The van der Waals surface area contributed by atoms with Crippen LogP contribution in [0.25, 0.3) is 0 Å². The molecule has 0 spiro atoms. The second-order valence-electron chi connectivity index (χ2n) is 5.49. The first-order chi connectivity index (χ1) is 12.3. The zero-order valence-corrected chi connectivity index (χ0v) is 13.2. The zero-order chi connectivity index (χ0) is 18.9. The highest BCUT2D eigenvalue weighted by Crippen LogP contribution is 2.29. The molecule has 134 valence electrons. The van der Waals surface area contributed by atoms with Crippen LogP contribution in [-0.4, -0.2) is 40.7 Å². The molecule has 0 fully saturated rings. The van der Waals surface area contributed by atoms with Crippen LogP contribution >= 0.6 is 0 Å². The third-order valence-corrected chi connectivity index (χ3v) is 3.83. The van der Waals surface area contributed by atoms with E-state index < -0.39 is 29.5 Å². The first kappa shape index (κ1) is 17.6. The Morgan fingerprint density at radius 1 is 1.08 bits per heavy atom. The number of nitrogens with zero attached hydrogens (tertiary/aromatic N) is 2. The van der Waals surface area contributed by atoms with E-state index in [2.05, 4.69) is 10.3 Å². The van der Waals surface area contributed by atoms with E-state index in [0.717, 1.165) is 29.2 Å². The van der Waals surface area contributed by atoms with Crippen LogP contribution in [0.3, 0.4) is 0 Å². The van der Waals surface area contributed by atoms with E-state index in [9.17, 15) is 27.6 Å². The van der Waals surface area contributed by atoms with Gasteiger partial charge in [0.25, 0.3) is 17.7 Å². The fourth-order valence-electron chi connectivity index (χ4n) is 2.51. The number of carbonyl (C=O) groups is 3. The Hall–Kier alpha value is -3.23. The van der Waals surface area contributed by atoms with Crippen molar-refractivity contribution >= 4 is 17.7 Å². The van der Waals surface area contributed by atoms with E-state index in [1.54, 1.807) is 6.07 Å². The van der Waals surface area contributed by atoms with Crippen molar-refractivity contribution in [1.82, 2.24) is 15.2 Å². The first-order valence-corrected chi connectivity index (χ1v) is 7.55. The lowest BCUT2D eigenvalue weighted by atomic mass is 10.1. The number of nitrogens with one attached hydrogen (secondary N) is 1. The van der Waals surface area contributed by atoms with Gasteiger partial charge in [-0.05, 0) is 36.4 Å². The predicted octanol–water partition coefficient (Wildman–Crippen LogP) is 2.13. The second kappa shape index (κ2) is 6.58. The van der Waals surface area contributed by atoms with Crippen LogP contribution in [0.2, 0.25) is 0 Å². The molecule has 0 unspecified atom stereocenters. The highest BCUT2D eigenvalue weighted by molar-refractivity contribution is 6.20. The lowest BCUT2D eigenvalue weighted by Crippen LogP contribution is -2.38. The fourth-order valence-corrected chi connectivity index (χ4v) is 2.51. The highest BCUT2D eigenvalue weighted by Gasteiger charge is 2.36. The van der Waals surface area contributed by atoms with Crippen molar-refractivity contribution in [2.24, 2.45) is 0 Å². The van der Waals surface area contributed by atoms with Crippen LogP contribution in [0, 0.1) is 0 Å². The van der Waals surface area contributed by atoms with Crippen molar-refractivity contribution in [2.75, 3.05) is 13.1 Å². The Kier molecular flexibility index (Phi) is 4.45. The van der Waals surface area contributed by atoms with Gasteiger partial charge in [-0.3, -0.25) is 24.3 Å². The second-order valence-corrected chi connectivity index (χ2v) is 5.49. The number of alkyl halides is 3. The molecule has 0 radical (unpaired) electrons. The number of aromatic nitrogens is 1. The van der Waals surface area contributed by atoms with E-state index in [1.165, 1.54) is 12.3 Å². The summed E-state index contributed by atoms with van der Waals surface area (Å²) in [6, 6.07) is 6.77. The normalized spacial score (nSPS) is 13.7. The molecule has 1 N–H and O–H groups in total. The summed E-state index contributed by atoms with van der Waals surface area (Å²) in [6.07, 6.45) is -3.07. The summed E-state index contributed by atoms with van der Waals surface area (Å²) in [6.45, 7) is -0.105. The van der Waals surface area contributed by atoms with Gasteiger partial charge in [0.15, 0.2) is 0 Å². The molecule has 1 aromatic heterocycles. The molecule has 0 saturated heterocycles. The van der Waals surface area contributed by atoms with Crippen LogP contribution in [0.4, 0.5) is 13.2 Å². The zero-order valence-electron chi connectivity index (χ0n) is 13.2. The molecule has 0 bridgehead atoms. The van der Waals surface area contributed by atoms with Gasteiger partial charge in [-0.25, -0.2) is 0 Å². The van der Waals surface area contributed by atoms with Gasteiger partial charge >= 0.3 is 6.18 Å².